The van der Waals surface area contributed by atoms with Gasteiger partial charge >= 0.3 is 0 Å². The predicted octanol–water partition coefficient (Wildman–Crippen LogP) is 4.92. The van der Waals surface area contributed by atoms with Crippen LogP contribution in [-0.2, 0) is 0 Å². The van der Waals surface area contributed by atoms with E-state index in [1.165, 1.54) is 5.56 Å². The van der Waals surface area contributed by atoms with Crippen LogP contribution >= 0.6 is 11.6 Å². The maximum absolute atomic E-state index is 11.6. The summed E-state index contributed by atoms with van der Waals surface area (Å²) in [6, 6.07) is 11.7. The van der Waals surface area contributed by atoms with Gasteiger partial charge in [-0.15, -0.1) is 0 Å². The van der Waals surface area contributed by atoms with E-state index in [-0.39, 0.29) is 0 Å². The van der Waals surface area contributed by atoms with E-state index in [0.29, 0.717) is 10.6 Å². The highest BCUT2D eigenvalue weighted by molar-refractivity contribution is 6.33. The van der Waals surface area contributed by atoms with E-state index < -0.39 is 0 Å². The van der Waals surface area contributed by atoms with Crippen LogP contribution in [0.25, 0.3) is 22.2 Å². The third kappa shape index (κ3) is 1.93. The summed E-state index contributed by atoms with van der Waals surface area (Å²) in [7, 11) is 0. The molecular weight excluding hydrogens is 270 g/mol. The molecule has 0 bridgehead atoms. The van der Waals surface area contributed by atoms with Gasteiger partial charge in [-0.2, -0.15) is 0 Å². The Bertz CT molecular complexity index is 817. The van der Waals surface area contributed by atoms with E-state index >= 15 is 0 Å². The van der Waals surface area contributed by atoms with Crippen molar-refractivity contribution in [1.29, 1.82) is 0 Å². The molecule has 1 heterocycles. The number of nitrogens with one attached hydrogen (secondary N) is 1. The van der Waals surface area contributed by atoms with Crippen molar-refractivity contribution in [3.8, 4) is 11.3 Å². The van der Waals surface area contributed by atoms with E-state index in [1.807, 2.05) is 38.1 Å². The van der Waals surface area contributed by atoms with E-state index in [2.05, 4.69) is 17.1 Å². The zero-order valence-corrected chi connectivity index (χ0v) is 12.1. The van der Waals surface area contributed by atoms with Crippen LogP contribution < -0.4 is 0 Å². The Kier molecular flexibility index (Phi) is 3.11. The van der Waals surface area contributed by atoms with Gasteiger partial charge < -0.3 is 4.98 Å². The Morgan fingerprint density at radius 2 is 1.90 bits per heavy atom. The quantitative estimate of drug-likeness (QED) is 0.666. The minimum atomic E-state index is 0.636. The van der Waals surface area contributed by atoms with Crippen LogP contribution in [0.5, 0.6) is 0 Å². The Balaban J connectivity index is 2.40. The van der Waals surface area contributed by atoms with Gasteiger partial charge in [0.05, 0.1) is 5.69 Å². The van der Waals surface area contributed by atoms with E-state index in [9.17, 15) is 4.79 Å². The van der Waals surface area contributed by atoms with Crippen molar-refractivity contribution in [3.63, 3.8) is 0 Å². The number of H-pyrrole nitrogens is 1. The van der Waals surface area contributed by atoms with Crippen LogP contribution in [0.15, 0.2) is 36.4 Å². The third-order valence-corrected chi connectivity index (χ3v) is 3.87. The largest absolute Gasteiger partial charge is 0.354 e. The fourth-order valence-corrected chi connectivity index (χ4v) is 2.98. The number of carbonyl (C=O) groups is 1. The predicted molar refractivity (Wildman–Crippen MR) is 83.6 cm³/mol. The van der Waals surface area contributed by atoms with E-state index in [4.69, 9.17) is 11.6 Å². The summed E-state index contributed by atoms with van der Waals surface area (Å²) in [4.78, 5) is 14.9. The molecule has 0 fully saturated rings. The number of fused-ring (bicyclic) bond motifs is 1. The highest BCUT2D eigenvalue weighted by Crippen LogP contribution is 2.35. The smallest absolute Gasteiger partial charge is 0.152 e. The van der Waals surface area contributed by atoms with Crippen LogP contribution in [0, 0.1) is 13.8 Å². The van der Waals surface area contributed by atoms with Gasteiger partial charge in [-0.25, -0.2) is 0 Å². The summed E-state index contributed by atoms with van der Waals surface area (Å²) >= 11 is 6.25. The number of halogens is 1. The topological polar surface area (TPSA) is 32.9 Å². The second kappa shape index (κ2) is 4.80. The van der Waals surface area contributed by atoms with Gasteiger partial charge in [0.1, 0.15) is 0 Å². The molecule has 1 aromatic heterocycles. The first-order valence-electron chi connectivity index (χ1n) is 6.45. The Labute approximate surface area is 122 Å². The molecule has 0 aliphatic rings. The normalized spacial score (nSPS) is 10.9. The maximum Gasteiger partial charge on any atom is 0.152 e. The average molecular weight is 284 g/mol. The van der Waals surface area contributed by atoms with Gasteiger partial charge in [0.2, 0.25) is 0 Å². The lowest BCUT2D eigenvalue weighted by molar-refractivity contribution is 0.112. The van der Waals surface area contributed by atoms with Gasteiger partial charge in [-0.3, -0.25) is 4.79 Å². The first-order valence-corrected chi connectivity index (χ1v) is 6.82. The molecule has 0 aliphatic heterocycles. The fraction of sp³-hybridized carbons (Fsp3) is 0.118. The minimum absolute atomic E-state index is 0.636. The Hall–Kier alpha value is -2.06. The van der Waals surface area contributed by atoms with Crippen molar-refractivity contribution in [2.75, 3.05) is 0 Å². The van der Waals surface area contributed by atoms with E-state index in [1.54, 1.807) is 0 Å². The van der Waals surface area contributed by atoms with Crippen molar-refractivity contribution in [1.82, 2.24) is 4.98 Å². The molecule has 0 saturated heterocycles. The molecule has 20 heavy (non-hydrogen) atoms. The second-order valence-corrected chi connectivity index (χ2v) is 5.42. The van der Waals surface area contributed by atoms with Gasteiger partial charge in [0, 0.05) is 27.1 Å². The lowest BCUT2D eigenvalue weighted by Gasteiger charge is -2.02. The molecule has 3 rings (SSSR count). The number of aldehydes is 1. The molecule has 3 heteroatoms. The fourth-order valence-electron chi connectivity index (χ4n) is 2.74. The van der Waals surface area contributed by atoms with Crippen LogP contribution in [0.2, 0.25) is 5.02 Å². The molecule has 0 saturated carbocycles. The average Bonchev–Trinajstić information content (AvgIpc) is 2.77. The molecule has 3 aromatic rings. The summed E-state index contributed by atoms with van der Waals surface area (Å²) in [6.45, 7) is 4.07. The first kappa shape index (κ1) is 12.9. The van der Waals surface area contributed by atoms with Crippen molar-refractivity contribution in [2.45, 2.75) is 13.8 Å². The molecular formula is C17H14ClNO. The summed E-state index contributed by atoms with van der Waals surface area (Å²) in [5.41, 5.74) is 5.54. The number of aromatic amines is 1. The van der Waals surface area contributed by atoms with Gasteiger partial charge in [-0.05, 0) is 37.1 Å². The molecule has 0 aliphatic carbocycles. The number of hydrogen-bond donors (Lipinski definition) is 1. The van der Waals surface area contributed by atoms with E-state index in [0.717, 1.165) is 34.0 Å². The molecule has 0 unspecified atom stereocenters. The Morgan fingerprint density at radius 3 is 2.60 bits per heavy atom. The Morgan fingerprint density at radius 1 is 1.15 bits per heavy atom. The van der Waals surface area contributed by atoms with Crippen LogP contribution in [0.3, 0.4) is 0 Å². The lowest BCUT2D eigenvalue weighted by Crippen LogP contribution is -1.86. The van der Waals surface area contributed by atoms with Crippen LogP contribution in [0.4, 0.5) is 0 Å². The highest BCUT2D eigenvalue weighted by atomic mass is 35.5. The molecule has 1 N–H and O–H groups in total. The summed E-state index contributed by atoms with van der Waals surface area (Å²) in [5, 5.41) is 1.61. The third-order valence-electron chi connectivity index (χ3n) is 3.54. The monoisotopic (exact) mass is 283 g/mol. The highest BCUT2D eigenvalue weighted by Gasteiger charge is 2.16. The molecule has 0 spiro atoms. The number of benzene rings is 2. The lowest BCUT2D eigenvalue weighted by atomic mass is 10.0. The van der Waals surface area contributed by atoms with Crippen molar-refractivity contribution in [3.05, 3.63) is 58.1 Å². The van der Waals surface area contributed by atoms with Gasteiger partial charge in [-0.1, -0.05) is 35.9 Å². The van der Waals surface area contributed by atoms with Crippen molar-refractivity contribution < 1.29 is 4.79 Å². The first-order chi connectivity index (χ1) is 9.61. The molecule has 0 radical (unpaired) electrons. The number of carbonyl (C=O) groups excluding carboxylic acids is 1. The summed E-state index contributed by atoms with van der Waals surface area (Å²) in [5.74, 6) is 0. The molecule has 2 nitrogen and oxygen atoms in total. The number of aromatic nitrogens is 1. The maximum atomic E-state index is 11.6. The standard InChI is InChI=1S/C17H14ClNO/c1-10-7-11(2)16-13(9-20)17(19-15(16)8-10)12-5-3-4-6-14(12)18/h3-9,19H,1-2H3. The van der Waals surface area contributed by atoms with Crippen molar-refractivity contribution >= 4 is 28.8 Å². The molecule has 2 aromatic carbocycles. The van der Waals surface area contributed by atoms with Crippen LogP contribution in [0.1, 0.15) is 21.5 Å². The number of rotatable bonds is 2. The van der Waals surface area contributed by atoms with Gasteiger partial charge in [0.15, 0.2) is 6.29 Å². The number of hydrogen-bond acceptors (Lipinski definition) is 1. The number of aryl methyl sites for hydroxylation is 2. The van der Waals surface area contributed by atoms with Gasteiger partial charge in [0.25, 0.3) is 0 Å². The zero-order chi connectivity index (χ0) is 14.3. The minimum Gasteiger partial charge on any atom is -0.354 e. The molecule has 0 amide bonds. The molecule has 100 valence electrons. The SMILES string of the molecule is Cc1cc(C)c2c(C=O)c(-c3ccccc3Cl)[nH]c2c1. The zero-order valence-electron chi connectivity index (χ0n) is 11.3. The van der Waals surface area contributed by atoms with Crippen LogP contribution in [-0.4, -0.2) is 11.3 Å². The van der Waals surface area contributed by atoms with Crippen molar-refractivity contribution in [2.24, 2.45) is 0 Å². The summed E-state index contributed by atoms with van der Waals surface area (Å²) < 4.78 is 0. The molecule has 0 atom stereocenters. The summed E-state index contributed by atoms with van der Waals surface area (Å²) in [6.07, 6.45) is 0.903. The second-order valence-electron chi connectivity index (χ2n) is 5.02.